The van der Waals surface area contributed by atoms with E-state index in [0.29, 0.717) is 17.4 Å². The first-order valence-electron chi connectivity index (χ1n) is 4.60. The number of nitrogens with zero attached hydrogens (tertiary/aromatic N) is 3. The van der Waals surface area contributed by atoms with Gasteiger partial charge in [0.15, 0.2) is 0 Å². The Kier molecular flexibility index (Phi) is 3.63. The van der Waals surface area contributed by atoms with Gasteiger partial charge in [-0.05, 0) is 40.3 Å². The summed E-state index contributed by atoms with van der Waals surface area (Å²) in [5.74, 6) is 0.897. The monoisotopic (exact) mass is 362 g/mol. The SMILES string of the molecule is COc1ccc(-c2nc(Cl)nc(N)c2I)cn1. The number of hydrogen-bond donors (Lipinski definition) is 1. The summed E-state index contributed by atoms with van der Waals surface area (Å²) in [6.07, 6.45) is 1.65. The molecule has 88 valence electrons. The highest BCUT2D eigenvalue weighted by atomic mass is 127. The normalized spacial score (nSPS) is 10.3. The molecule has 0 bridgehead atoms. The van der Waals surface area contributed by atoms with Crippen LogP contribution in [0.3, 0.4) is 0 Å². The molecule has 0 aliphatic carbocycles. The third-order valence-electron chi connectivity index (χ3n) is 2.07. The van der Waals surface area contributed by atoms with Crippen molar-refractivity contribution in [1.29, 1.82) is 0 Å². The van der Waals surface area contributed by atoms with E-state index < -0.39 is 0 Å². The van der Waals surface area contributed by atoms with Gasteiger partial charge >= 0.3 is 0 Å². The predicted molar refractivity (Wildman–Crippen MR) is 74.0 cm³/mol. The first-order chi connectivity index (χ1) is 8.11. The Morgan fingerprint density at radius 2 is 2.12 bits per heavy atom. The number of nitrogens with two attached hydrogens (primary N) is 1. The van der Waals surface area contributed by atoms with E-state index in [1.807, 2.05) is 6.07 Å². The molecular weight excluding hydrogens is 354 g/mol. The minimum Gasteiger partial charge on any atom is -0.481 e. The van der Waals surface area contributed by atoms with E-state index in [9.17, 15) is 0 Å². The van der Waals surface area contributed by atoms with Crippen LogP contribution >= 0.6 is 34.2 Å². The number of nitrogen functional groups attached to an aromatic ring is 1. The zero-order valence-electron chi connectivity index (χ0n) is 8.82. The zero-order valence-corrected chi connectivity index (χ0v) is 11.7. The predicted octanol–water partition coefficient (Wildman–Crippen LogP) is 2.39. The molecule has 0 aliphatic rings. The number of methoxy groups -OCH3 is 1. The summed E-state index contributed by atoms with van der Waals surface area (Å²) in [6.45, 7) is 0. The van der Waals surface area contributed by atoms with Gasteiger partial charge in [0.2, 0.25) is 11.2 Å². The van der Waals surface area contributed by atoms with Crippen LogP contribution in [0.25, 0.3) is 11.3 Å². The van der Waals surface area contributed by atoms with Crippen molar-refractivity contribution in [3.05, 3.63) is 27.2 Å². The van der Waals surface area contributed by atoms with Crippen LogP contribution in [0.4, 0.5) is 5.82 Å². The lowest BCUT2D eigenvalue weighted by atomic mass is 10.2. The van der Waals surface area contributed by atoms with Crippen LogP contribution in [0.1, 0.15) is 0 Å². The maximum atomic E-state index is 5.78. The van der Waals surface area contributed by atoms with E-state index in [2.05, 4.69) is 37.5 Å². The maximum absolute atomic E-state index is 5.78. The Morgan fingerprint density at radius 3 is 2.71 bits per heavy atom. The number of hydrogen-bond acceptors (Lipinski definition) is 5. The van der Waals surface area contributed by atoms with Gasteiger partial charge in [-0.15, -0.1) is 0 Å². The summed E-state index contributed by atoms with van der Waals surface area (Å²) in [6, 6.07) is 3.59. The number of halogens is 2. The Morgan fingerprint density at radius 1 is 1.35 bits per heavy atom. The molecule has 17 heavy (non-hydrogen) atoms. The van der Waals surface area contributed by atoms with Gasteiger partial charge in [-0.3, -0.25) is 0 Å². The van der Waals surface area contributed by atoms with E-state index in [4.69, 9.17) is 22.1 Å². The Balaban J connectivity index is 2.52. The van der Waals surface area contributed by atoms with Crippen LogP contribution in [0.5, 0.6) is 5.88 Å². The molecule has 0 fully saturated rings. The van der Waals surface area contributed by atoms with Crippen molar-refractivity contribution in [2.75, 3.05) is 12.8 Å². The fourth-order valence-electron chi connectivity index (χ4n) is 1.27. The second kappa shape index (κ2) is 5.01. The second-order valence-electron chi connectivity index (χ2n) is 3.13. The van der Waals surface area contributed by atoms with Gasteiger partial charge in [0, 0.05) is 17.8 Å². The van der Waals surface area contributed by atoms with Crippen LogP contribution in [0, 0.1) is 3.57 Å². The van der Waals surface area contributed by atoms with E-state index in [1.165, 1.54) is 0 Å². The molecule has 0 aromatic carbocycles. The third-order valence-corrected chi connectivity index (χ3v) is 3.30. The topological polar surface area (TPSA) is 73.9 Å². The van der Waals surface area contributed by atoms with Crippen LogP contribution in [-0.4, -0.2) is 22.1 Å². The van der Waals surface area contributed by atoms with E-state index in [1.54, 1.807) is 19.4 Å². The quantitative estimate of drug-likeness (QED) is 0.656. The molecule has 2 rings (SSSR count). The molecule has 0 saturated carbocycles. The van der Waals surface area contributed by atoms with E-state index >= 15 is 0 Å². The smallest absolute Gasteiger partial charge is 0.224 e. The second-order valence-corrected chi connectivity index (χ2v) is 4.55. The lowest BCUT2D eigenvalue weighted by Gasteiger charge is -2.06. The highest BCUT2D eigenvalue weighted by Gasteiger charge is 2.11. The first kappa shape index (κ1) is 12.3. The van der Waals surface area contributed by atoms with Gasteiger partial charge in [-0.1, -0.05) is 0 Å². The first-order valence-corrected chi connectivity index (χ1v) is 6.06. The van der Waals surface area contributed by atoms with Crippen molar-refractivity contribution < 1.29 is 4.74 Å². The molecule has 0 unspecified atom stereocenters. The molecule has 0 saturated heterocycles. The van der Waals surface area contributed by atoms with Gasteiger partial charge in [0.25, 0.3) is 0 Å². The third kappa shape index (κ3) is 2.58. The van der Waals surface area contributed by atoms with Crippen molar-refractivity contribution in [3.8, 4) is 17.1 Å². The number of ether oxygens (including phenoxy) is 1. The van der Waals surface area contributed by atoms with Crippen LogP contribution in [-0.2, 0) is 0 Å². The molecule has 2 aromatic rings. The van der Waals surface area contributed by atoms with Crippen molar-refractivity contribution in [3.63, 3.8) is 0 Å². The van der Waals surface area contributed by atoms with Gasteiger partial charge in [0.1, 0.15) is 5.82 Å². The van der Waals surface area contributed by atoms with Crippen LogP contribution in [0.15, 0.2) is 18.3 Å². The molecule has 0 amide bonds. The molecule has 0 aliphatic heterocycles. The molecule has 2 aromatic heterocycles. The standard InChI is InChI=1S/C10H8ClIN4O/c1-17-6-3-2-5(4-14-6)8-7(12)9(13)16-10(11)15-8/h2-4H,1H3,(H2,13,15,16). The summed E-state index contributed by atoms with van der Waals surface area (Å²) >= 11 is 7.86. The largest absolute Gasteiger partial charge is 0.481 e. The Bertz CT molecular complexity index is 547. The van der Waals surface area contributed by atoms with Crippen molar-refractivity contribution in [2.45, 2.75) is 0 Å². The fraction of sp³-hybridized carbons (Fsp3) is 0.100. The van der Waals surface area contributed by atoms with Crippen molar-refractivity contribution in [1.82, 2.24) is 15.0 Å². The lowest BCUT2D eigenvalue weighted by Crippen LogP contribution is -2.00. The van der Waals surface area contributed by atoms with E-state index in [-0.39, 0.29) is 5.28 Å². The highest BCUT2D eigenvalue weighted by Crippen LogP contribution is 2.27. The molecule has 0 atom stereocenters. The molecule has 0 radical (unpaired) electrons. The Hall–Kier alpha value is -1.15. The van der Waals surface area contributed by atoms with E-state index in [0.717, 1.165) is 9.13 Å². The molecule has 7 heteroatoms. The maximum Gasteiger partial charge on any atom is 0.224 e. The number of pyridine rings is 1. The molecule has 2 N–H and O–H groups in total. The summed E-state index contributed by atoms with van der Waals surface area (Å²) in [5, 5.41) is 0.119. The Labute approximate surface area is 117 Å². The molecular formula is C10H8ClIN4O. The fourth-order valence-corrected chi connectivity index (χ4v) is 2.00. The summed E-state index contributed by atoms with van der Waals surface area (Å²) in [5.41, 5.74) is 7.20. The van der Waals surface area contributed by atoms with Crippen molar-refractivity contribution >= 4 is 40.0 Å². The molecule has 0 spiro atoms. The summed E-state index contributed by atoms with van der Waals surface area (Å²) in [7, 11) is 1.56. The zero-order chi connectivity index (χ0) is 12.4. The number of rotatable bonds is 2. The van der Waals surface area contributed by atoms with Gasteiger partial charge in [-0.25, -0.2) is 9.97 Å². The minimum absolute atomic E-state index is 0.119. The highest BCUT2D eigenvalue weighted by molar-refractivity contribution is 14.1. The minimum atomic E-state index is 0.119. The van der Waals surface area contributed by atoms with Crippen molar-refractivity contribution in [2.24, 2.45) is 0 Å². The average molecular weight is 363 g/mol. The summed E-state index contributed by atoms with van der Waals surface area (Å²) in [4.78, 5) is 12.1. The molecule has 2 heterocycles. The van der Waals surface area contributed by atoms with Gasteiger partial charge < -0.3 is 10.5 Å². The molecule has 5 nitrogen and oxygen atoms in total. The van der Waals surface area contributed by atoms with Gasteiger partial charge in [-0.2, -0.15) is 4.98 Å². The number of aromatic nitrogens is 3. The van der Waals surface area contributed by atoms with Crippen LogP contribution < -0.4 is 10.5 Å². The van der Waals surface area contributed by atoms with Gasteiger partial charge in [0.05, 0.1) is 16.4 Å². The average Bonchev–Trinajstić information content (AvgIpc) is 2.34. The lowest BCUT2D eigenvalue weighted by molar-refractivity contribution is 0.398. The van der Waals surface area contributed by atoms with Crippen LogP contribution in [0.2, 0.25) is 5.28 Å². The number of anilines is 1. The summed E-state index contributed by atoms with van der Waals surface area (Å²) < 4.78 is 5.74.